The van der Waals surface area contributed by atoms with Gasteiger partial charge in [-0.05, 0) is 37.6 Å². The van der Waals surface area contributed by atoms with Crippen molar-refractivity contribution in [2.24, 2.45) is 0 Å². The number of aromatic hydroxyl groups is 1. The summed E-state index contributed by atoms with van der Waals surface area (Å²) in [6.07, 6.45) is 3.20. The van der Waals surface area contributed by atoms with Crippen molar-refractivity contribution in [1.82, 2.24) is 0 Å². The van der Waals surface area contributed by atoms with Gasteiger partial charge in [-0.1, -0.05) is 42.0 Å². The number of carbonyl (C=O) groups is 1. The molecule has 1 aliphatic heterocycles. The summed E-state index contributed by atoms with van der Waals surface area (Å²) in [4.78, 5) is 11.6. The molecular weight excluding hydrogens is 290 g/mol. The second-order valence-corrected chi connectivity index (χ2v) is 5.95. The first-order valence-corrected chi connectivity index (χ1v) is 7.51. The lowest BCUT2D eigenvalue weighted by atomic mass is 9.89. The van der Waals surface area contributed by atoms with E-state index in [1.54, 1.807) is 24.3 Å². The minimum absolute atomic E-state index is 0.155. The maximum atomic E-state index is 11.6. The van der Waals surface area contributed by atoms with E-state index < -0.39 is 5.60 Å². The van der Waals surface area contributed by atoms with Gasteiger partial charge < -0.3 is 15.2 Å². The van der Waals surface area contributed by atoms with Crippen molar-refractivity contribution in [3.63, 3.8) is 0 Å². The van der Waals surface area contributed by atoms with Crippen LogP contribution in [-0.2, 0) is 9.53 Å². The lowest BCUT2D eigenvalue weighted by Crippen LogP contribution is -2.37. The summed E-state index contributed by atoms with van der Waals surface area (Å²) in [6, 6.07) is 14.7. The molecule has 23 heavy (non-hydrogen) atoms. The number of anilines is 1. The number of nitrogens with one attached hydrogen (secondary N) is 1. The fraction of sp³-hybridized carbons (Fsp3) is 0.211. The van der Waals surface area contributed by atoms with E-state index >= 15 is 0 Å². The van der Waals surface area contributed by atoms with E-state index in [1.165, 1.54) is 6.08 Å². The minimum atomic E-state index is -0.826. The van der Waals surface area contributed by atoms with E-state index in [2.05, 4.69) is 5.32 Å². The first-order chi connectivity index (χ1) is 11.0. The number of para-hydroxylation sites is 2. The van der Waals surface area contributed by atoms with Gasteiger partial charge in [0, 0.05) is 6.08 Å². The monoisotopic (exact) mass is 309 g/mol. The SMILES string of the molecule is Cc1cccc([C@@H](Nc2ccccc2O)[C@@]2(C)C=CC(=O)O2)c1. The molecule has 0 saturated carbocycles. The Labute approximate surface area is 135 Å². The Hall–Kier alpha value is -2.75. The Kier molecular flexibility index (Phi) is 3.82. The first kappa shape index (κ1) is 15.2. The molecule has 0 amide bonds. The van der Waals surface area contributed by atoms with E-state index in [9.17, 15) is 9.90 Å². The number of carbonyl (C=O) groups excluding carboxylic acids is 1. The molecular formula is C19H19NO3. The topological polar surface area (TPSA) is 58.6 Å². The number of benzene rings is 2. The average molecular weight is 309 g/mol. The van der Waals surface area contributed by atoms with Crippen LogP contribution >= 0.6 is 0 Å². The molecule has 3 rings (SSSR count). The van der Waals surface area contributed by atoms with Crippen molar-refractivity contribution in [3.05, 3.63) is 71.8 Å². The van der Waals surface area contributed by atoms with Crippen LogP contribution in [0.4, 0.5) is 5.69 Å². The molecule has 1 aliphatic rings. The molecule has 2 atom stereocenters. The Balaban J connectivity index is 2.02. The van der Waals surface area contributed by atoms with Gasteiger partial charge in [-0.15, -0.1) is 0 Å². The number of ether oxygens (including phenoxy) is 1. The molecule has 1 heterocycles. The van der Waals surface area contributed by atoms with Gasteiger partial charge in [0.05, 0.1) is 11.7 Å². The minimum Gasteiger partial charge on any atom is -0.506 e. The van der Waals surface area contributed by atoms with Crippen LogP contribution in [-0.4, -0.2) is 16.7 Å². The number of esters is 1. The van der Waals surface area contributed by atoms with E-state index in [1.807, 2.05) is 44.2 Å². The highest BCUT2D eigenvalue weighted by Crippen LogP contribution is 2.38. The summed E-state index contributed by atoms with van der Waals surface area (Å²) in [7, 11) is 0. The van der Waals surface area contributed by atoms with Crippen LogP contribution in [0, 0.1) is 6.92 Å². The van der Waals surface area contributed by atoms with Gasteiger partial charge in [0.15, 0.2) is 5.60 Å². The van der Waals surface area contributed by atoms with E-state index in [0.717, 1.165) is 11.1 Å². The molecule has 2 N–H and O–H groups in total. The second kappa shape index (κ2) is 5.80. The standard InChI is InChI=1S/C19H19NO3/c1-13-6-5-7-14(12-13)18(19(2)11-10-17(22)23-19)20-15-8-3-4-9-16(15)21/h3-12,18,20-21H,1-2H3/t18-,19-/m1/s1. The average Bonchev–Trinajstić information content (AvgIpc) is 2.86. The number of hydrogen-bond donors (Lipinski definition) is 2. The summed E-state index contributed by atoms with van der Waals surface area (Å²) < 4.78 is 5.52. The van der Waals surface area contributed by atoms with Crippen LogP contribution in [0.5, 0.6) is 5.75 Å². The molecule has 2 aromatic rings. The fourth-order valence-electron chi connectivity index (χ4n) is 2.83. The molecule has 0 radical (unpaired) electrons. The third kappa shape index (κ3) is 3.06. The third-order valence-electron chi connectivity index (χ3n) is 4.02. The molecule has 2 aromatic carbocycles. The summed E-state index contributed by atoms with van der Waals surface area (Å²) >= 11 is 0. The lowest BCUT2D eigenvalue weighted by Gasteiger charge is -2.33. The number of hydrogen-bond acceptors (Lipinski definition) is 4. The Morgan fingerprint density at radius 3 is 2.61 bits per heavy atom. The van der Waals surface area contributed by atoms with Crippen LogP contribution in [0.15, 0.2) is 60.7 Å². The first-order valence-electron chi connectivity index (χ1n) is 7.51. The number of cyclic esters (lactones) is 1. The summed E-state index contributed by atoms with van der Waals surface area (Å²) in [5.74, 6) is -0.203. The molecule has 0 unspecified atom stereocenters. The maximum Gasteiger partial charge on any atom is 0.331 e. The van der Waals surface area contributed by atoms with E-state index in [0.29, 0.717) is 5.69 Å². The predicted molar refractivity (Wildman–Crippen MR) is 89.3 cm³/mol. The largest absolute Gasteiger partial charge is 0.506 e. The van der Waals surface area contributed by atoms with Crippen molar-refractivity contribution < 1.29 is 14.6 Å². The molecule has 4 nitrogen and oxygen atoms in total. The van der Waals surface area contributed by atoms with Crippen LogP contribution in [0.3, 0.4) is 0 Å². The zero-order chi connectivity index (χ0) is 16.4. The molecule has 0 fully saturated rings. The van der Waals surface area contributed by atoms with Crippen molar-refractivity contribution in [3.8, 4) is 5.75 Å². The number of rotatable bonds is 4. The van der Waals surface area contributed by atoms with Crippen LogP contribution < -0.4 is 5.32 Å². The summed E-state index contributed by atoms with van der Waals surface area (Å²) in [6.45, 7) is 3.87. The van der Waals surface area contributed by atoms with Crippen molar-refractivity contribution >= 4 is 11.7 Å². The van der Waals surface area contributed by atoms with Gasteiger partial charge in [-0.2, -0.15) is 0 Å². The van der Waals surface area contributed by atoms with Crippen molar-refractivity contribution in [2.45, 2.75) is 25.5 Å². The van der Waals surface area contributed by atoms with E-state index in [-0.39, 0.29) is 17.8 Å². The molecule has 4 heteroatoms. The molecule has 0 saturated heterocycles. The smallest absolute Gasteiger partial charge is 0.331 e. The van der Waals surface area contributed by atoms with Gasteiger partial charge >= 0.3 is 5.97 Å². The van der Waals surface area contributed by atoms with Crippen molar-refractivity contribution in [2.75, 3.05) is 5.32 Å². The maximum absolute atomic E-state index is 11.6. The van der Waals surface area contributed by atoms with Crippen molar-refractivity contribution in [1.29, 1.82) is 0 Å². The molecule has 0 aliphatic carbocycles. The zero-order valence-corrected chi connectivity index (χ0v) is 13.1. The number of phenolic OH excluding ortho intramolecular Hbond substituents is 1. The number of phenols is 1. The van der Waals surface area contributed by atoms with Gasteiger partial charge in [0.25, 0.3) is 0 Å². The molecule has 0 bridgehead atoms. The van der Waals surface area contributed by atoms with Gasteiger partial charge in [-0.3, -0.25) is 0 Å². The lowest BCUT2D eigenvalue weighted by molar-refractivity contribution is -0.145. The number of aryl methyl sites for hydroxylation is 1. The highest BCUT2D eigenvalue weighted by Gasteiger charge is 2.40. The van der Waals surface area contributed by atoms with Gasteiger partial charge in [0.1, 0.15) is 5.75 Å². The van der Waals surface area contributed by atoms with Gasteiger partial charge in [0.2, 0.25) is 0 Å². The highest BCUT2D eigenvalue weighted by atomic mass is 16.6. The summed E-state index contributed by atoms with van der Waals surface area (Å²) in [5, 5.41) is 13.4. The van der Waals surface area contributed by atoms with Crippen LogP contribution in [0.25, 0.3) is 0 Å². The van der Waals surface area contributed by atoms with Crippen LogP contribution in [0.1, 0.15) is 24.1 Å². The summed E-state index contributed by atoms with van der Waals surface area (Å²) in [5.41, 5.74) is 1.86. The fourth-order valence-corrected chi connectivity index (χ4v) is 2.83. The van der Waals surface area contributed by atoms with Gasteiger partial charge in [-0.25, -0.2) is 4.79 Å². The normalized spacial score (nSPS) is 21.0. The molecule has 0 spiro atoms. The Bertz CT molecular complexity index is 769. The Morgan fingerprint density at radius 2 is 1.96 bits per heavy atom. The Morgan fingerprint density at radius 1 is 1.17 bits per heavy atom. The predicted octanol–water partition coefficient (Wildman–Crippen LogP) is 3.73. The highest BCUT2D eigenvalue weighted by molar-refractivity contribution is 5.85. The van der Waals surface area contributed by atoms with E-state index in [4.69, 9.17) is 4.74 Å². The third-order valence-corrected chi connectivity index (χ3v) is 4.02. The molecule has 0 aromatic heterocycles. The molecule has 118 valence electrons. The zero-order valence-electron chi connectivity index (χ0n) is 13.1. The quantitative estimate of drug-likeness (QED) is 0.667. The van der Waals surface area contributed by atoms with Crippen LogP contribution in [0.2, 0.25) is 0 Å². The second-order valence-electron chi connectivity index (χ2n) is 5.95.